The van der Waals surface area contributed by atoms with Crippen LogP contribution in [-0.2, 0) is 0 Å². The lowest BCUT2D eigenvalue weighted by Gasteiger charge is -2.20. The monoisotopic (exact) mass is 625 g/mol. The lowest BCUT2D eigenvalue weighted by atomic mass is 9.91. The Labute approximate surface area is 278 Å². The van der Waals surface area contributed by atoms with E-state index < -0.39 is 0 Å². The molecule has 2 atom stereocenters. The highest BCUT2D eigenvalue weighted by atomic mass is 19.1. The fourth-order valence-corrected chi connectivity index (χ4v) is 7.12. The molecule has 2 aliphatic rings. The third-order valence-corrected chi connectivity index (χ3v) is 10.0. The van der Waals surface area contributed by atoms with Gasteiger partial charge in [0.15, 0.2) is 5.78 Å². The summed E-state index contributed by atoms with van der Waals surface area (Å²) in [6.45, 7) is 8.17. The maximum absolute atomic E-state index is 14.2. The van der Waals surface area contributed by atoms with Crippen LogP contribution in [0, 0.1) is 23.1 Å². The number of nitrogens with zero attached hydrogens (tertiary/aromatic N) is 3. The Hall–Kier alpha value is -4.56. The van der Waals surface area contributed by atoms with Gasteiger partial charge in [0.2, 0.25) is 0 Å². The zero-order chi connectivity index (χ0) is 32.8. The number of halogens is 1. The Morgan fingerprint density at radius 1 is 1.04 bits per heavy atom. The average Bonchev–Trinajstić information content (AvgIpc) is 3.61. The van der Waals surface area contributed by atoms with Crippen molar-refractivity contribution in [2.75, 3.05) is 18.0 Å². The number of carbonyl (C=O) groups is 1. The van der Waals surface area contributed by atoms with Gasteiger partial charge >= 0.3 is 0 Å². The molecule has 3 aromatic carbocycles. The van der Waals surface area contributed by atoms with E-state index in [0.717, 1.165) is 72.2 Å². The van der Waals surface area contributed by atoms with Crippen molar-refractivity contribution >= 4 is 22.5 Å². The van der Waals surface area contributed by atoms with Crippen LogP contribution in [0.3, 0.4) is 0 Å². The predicted molar refractivity (Wildman–Crippen MR) is 190 cm³/mol. The number of rotatable bonds is 11. The maximum Gasteiger partial charge on any atom is 0.189 e. The van der Waals surface area contributed by atoms with E-state index in [-0.39, 0.29) is 17.5 Å². The topological polar surface area (TPSA) is 57.0 Å². The van der Waals surface area contributed by atoms with Crippen LogP contribution in [0.15, 0.2) is 96.6 Å². The molecular weight excluding hydrogens is 581 g/mol. The van der Waals surface area contributed by atoms with Gasteiger partial charge in [-0.3, -0.25) is 4.79 Å². The van der Waals surface area contributed by atoms with E-state index in [1.165, 1.54) is 44.2 Å². The fraction of sp³-hybridized carbons (Fsp3) is 0.357. The molecule has 0 N–H and O–H groups in total. The Morgan fingerprint density at radius 2 is 1.79 bits per heavy atom. The van der Waals surface area contributed by atoms with Gasteiger partial charge in [0.05, 0.1) is 17.1 Å². The molecule has 6 rings (SSSR count). The molecule has 0 bridgehead atoms. The maximum atomic E-state index is 14.2. The lowest BCUT2D eigenvalue weighted by molar-refractivity contribution is 0.103. The predicted octanol–water partition coefficient (Wildman–Crippen LogP) is 10.7. The van der Waals surface area contributed by atoms with Crippen molar-refractivity contribution in [3.63, 3.8) is 0 Å². The first-order valence-electron chi connectivity index (χ1n) is 17.2. The van der Waals surface area contributed by atoms with Gasteiger partial charge in [-0.25, -0.2) is 9.37 Å². The van der Waals surface area contributed by atoms with Crippen molar-refractivity contribution in [2.24, 2.45) is 5.92 Å². The molecule has 240 valence electrons. The van der Waals surface area contributed by atoms with Crippen molar-refractivity contribution in [1.29, 1.82) is 5.26 Å². The van der Waals surface area contributed by atoms with E-state index in [1.807, 2.05) is 60.7 Å². The van der Waals surface area contributed by atoms with Crippen LogP contribution in [0.1, 0.15) is 98.5 Å². The number of hydrogen-bond acceptors (Lipinski definition) is 4. The van der Waals surface area contributed by atoms with Gasteiger partial charge < -0.3 is 4.90 Å². The summed E-state index contributed by atoms with van der Waals surface area (Å²) in [7, 11) is 0. The Morgan fingerprint density at radius 3 is 2.53 bits per heavy atom. The Balaban J connectivity index is 1.23. The van der Waals surface area contributed by atoms with E-state index >= 15 is 0 Å². The number of pyridine rings is 1. The second-order valence-corrected chi connectivity index (χ2v) is 13.5. The first-order chi connectivity index (χ1) is 22.9. The molecule has 1 saturated heterocycles. The van der Waals surface area contributed by atoms with Crippen molar-refractivity contribution in [3.8, 4) is 17.2 Å². The smallest absolute Gasteiger partial charge is 0.189 e. The number of anilines is 1. The second-order valence-electron chi connectivity index (χ2n) is 13.5. The summed E-state index contributed by atoms with van der Waals surface area (Å²) in [5.74, 6) is 1.39. The van der Waals surface area contributed by atoms with Crippen LogP contribution in [0.2, 0.25) is 0 Å². The Kier molecular flexibility index (Phi) is 10.3. The quantitative estimate of drug-likeness (QED) is 0.0945. The molecule has 1 saturated carbocycles. The zero-order valence-corrected chi connectivity index (χ0v) is 27.5. The normalized spacial score (nSPS) is 17.0. The van der Waals surface area contributed by atoms with Crippen LogP contribution in [0.5, 0.6) is 0 Å². The number of Topliss-reactive ketones (excluding diaryl/α,β-unsaturated/α-hetero) is 1. The SMILES string of the molecule is C=C(CCC[C@H](C)CC=C1CCCCC1)C(=O)c1cc(N2CCC(c3ccc(F)cc3)C2)nc2ccc(-c3ccc(C#N)cc3)cc12. The zero-order valence-electron chi connectivity index (χ0n) is 27.5. The van der Waals surface area contributed by atoms with Crippen LogP contribution in [0.25, 0.3) is 22.0 Å². The number of nitriles is 1. The number of allylic oxidation sites excluding steroid dienone is 3. The molecule has 4 aromatic rings. The molecule has 1 aromatic heterocycles. The standard InChI is InChI=1S/C42H44FN3O/c1-29(11-12-31-9-4-3-5-10-31)7-6-8-30(2)42(47)39-26-41(46-24-23-36(28-46)34-17-20-37(43)21-18-34)45-40-22-19-35(25-38(39)40)33-15-13-32(27-44)14-16-33/h12-22,25-26,29,36H,2-11,23-24,28H2,1H3/t29-,36?/m0/s1. The minimum absolute atomic E-state index is 0.0260. The molecule has 47 heavy (non-hydrogen) atoms. The third-order valence-electron chi connectivity index (χ3n) is 10.0. The first-order valence-corrected chi connectivity index (χ1v) is 17.2. The van der Waals surface area contributed by atoms with Crippen molar-refractivity contribution in [1.82, 2.24) is 4.98 Å². The van der Waals surface area contributed by atoms with Gasteiger partial charge in [-0.1, -0.05) is 68.3 Å². The number of aromatic nitrogens is 1. The number of fused-ring (bicyclic) bond motifs is 1. The van der Waals surface area contributed by atoms with Gasteiger partial charge in [0.1, 0.15) is 11.6 Å². The molecule has 2 fully saturated rings. The van der Waals surface area contributed by atoms with E-state index in [0.29, 0.717) is 29.0 Å². The molecule has 0 amide bonds. The van der Waals surface area contributed by atoms with E-state index in [4.69, 9.17) is 4.98 Å². The molecule has 0 radical (unpaired) electrons. The van der Waals surface area contributed by atoms with Crippen LogP contribution in [-0.4, -0.2) is 23.9 Å². The van der Waals surface area contributed by atoms with Gasteiger partial charge in [0, 0.05) is 30.0 Å². The van der Waals surface area contributed by atoms with Crippen LogP contribution in [0.4, 0.5) is 10.2 Å². The largest absolute Gasteiger partial charge is 0.356 e. The molecule has 1 unspecified atom stereocenters. The highest BCUT2D eigenvalue weighted by molar-refractivity contribution is 6.16. The van der Waals surface area contributed by atoms with Gasteiger partial charge in [0.25, 0.3) is 0 Å². The van der Waals surface area contributed by atoms with Crippen molar-refractivity contribution < 1.29 is 9.18 Å². The Bertz CT molecular complexity index is 1810. The number of carbonyl (C=O) groups excluding carboxylic acids is 1. The minimum Gasteiger partial charge on any atom is -0.356 e. The van der Waals surface area contributed by atoms with Crippen LogP contribution < -0.4 is 4.90 Å². The second kappa shape index (κ2) is 14.9. The summed E-state index contributed by atoms with van der Waals surface area (Å²) in [5, 5.41) is 10.1. The summed E-state index contributed by atoms with van der Waals surface area (Å²) in [5.41, 5.74) is 7.34. The summed E-state index contributed by atoms with van der Waals surface area (Å²) in [4.78, 5) is 21.4. The van der Waals surface area contributed by atoms with Gasteiger partial charge in [-0.15, -0.1) is 0 Å². The van der Waals surface area contributed by atoms with Gasteiger partial charge in [-0.2, -0.15) is 5.26 Å². The number of hydrogen-bond donors (Lipinski definition) is 0. The van der Waals surface area contributed by atoms with Gasteiger partial charge in [-0.05, 0) is 122 Å². The lowest BCUT2D eigenvalue weighted by Crippen LogP contribution is -2.21. The number of ketones is 1. The van der Waals surface area contributed by atoms with Crippen molar-refractivity contribution in [2.45, 2.75) is 77.0 Å². The van der Waals surface area contributed by atoms with E-state index in [9.17, 15) is 14.4 Å². The number of benzene rings is 3. The summed E-state index contributed by atoms with van der Waals surface area (Å²) in [6.07, 6.45) is 13.7. The molecule has 2 heterocycles. The molecule has 1 aliphatic heterocycles. The molecule has 1 aliphatic carbocycles. The summed E-state index contributed by atoms with van der Waals surface area (Å²) in [6, 6.07) is 24.5. The fourth-order valence-electron chi connectivity index (χ4n) is 7.12. The highest BCUT2D eigenvalue weighted by Crippen LogP contribution is 2.35. The van der Waals surface area contributed by atoms with Crippen LogP contribution >= 0.6 is 0 Å². The first kappa shape index (κ1) is 32.4. The molecule has 4 nitrogen and oxygen atoms in total. The highest BCUT2D eigenvalue weighted by Gasteiger charge is 2.27. The van der Waals surface area contributed by atoms with Crippen molar-refractivity contribution in [3.05, 3.63) is 119 Å². The van der Waals surface area contributed by atoms with E-state index in [1.54, 1.807) is 5.57 Å². The van der Waals surface area contributed by atoms with E-state index in [2.05, 4.69) is 30.5 Å². The average molecular weight is 626 g/mol. The minimum atomic E-state index is -0.227. The summed E-state index contributed by atoms with van der Waals surface area (Å²) >= 11 is 0. The molecular formula is C42H44FN3O. The third kappa shape index (κ3) is 7.88. The molecule has 0 spiro atoms. The summed E-state index contributed by atoms with van der Waals surface area (Å²) < 4.78 is 13.6. The molecule has 5 heteroatoms.